The number of benzene rings is 1. The van der Waals surface area contributed by atoms with Crippen molar-refractivity contribution in [3.63, 3.8) is 0 Å². The van der Waals surface area contributed by atoms with Gasteiger partial charge in [-0.15, -0.1) is 0 Å². The molecule has 0 fully saturated rings. The summed E-state index contributed by atoms with van der Waals surface area (Å²) in [5.41, 5.74) is 0.561. The van der Waals surface area contributed by atoms with E-state index in [-0.39, 0.29) is 12.4 Å². The zero-order chi connectivity index (χ0) is 12.7. The Bertz CT molecular complexity index is 406. The minimum Gasteiger partial charge on any atom is -0.395 e. The van der Waals surface area contributed by atoms with Gasteiger partial charge in [-0.05, 0) is 18.2 Å². The first-order valence-electron chi connectivity index (χ1n) is 5.31. The number of halogens is 2. The normalized spacial score (nSPS) is 10.5. The summed E-state index contributed by atoms with van der Waals surface area (Å²) in [5, 5.41) is 17.4. The maximum atomic E-state index is 13.5. The Hall–Kier alpha value is -0.960. The Morgan fingerprint density at radius 2 is 2.18 bits per heavy atom. The molecule has 1 aromatic rings. The standard InChI is InChI=1S/C12H14BrFN2O/c13-11-2-3-12(14)10(8-11)9-16(6-7-17)5-1-4-15/h2-3,8,17H,1,5-7,9H2. The molecule has 1 N–H and O–H groups in total. The van der Waals surface area contributed by atoms with Crippen molar-refractivity contribution in [3.05, 3.63) is 34.1 Å². The van der Waals surface area contributed by atoms with E-state index < -0.39 is 0 Å². The van der Waals surface area contributed by atoms with Gasteiger partial charge < -0.3 is 5.11 Å². The van der Waals surface area contributed by atoms with E-state index in [2.05, 4.69) is 15.9 Å². The largest absolute Gasteiger partial charge is 0.395 e. The Kier molecular flexibility index (Phi) is 6.12. The van der Waals surface area contributed by atoms with Crippen molar-refractivity contribution in [1.82, 2.24) is 4.90 Å². The number of hydrogen-bond acceptors (Lipinski definition) is 3. The Morgan fingerprint density at radius 1 is 1.41 bits per heavy atom. The average molecular weight is 301 g/mol. The predicted molar refractivity (Wildman–Crippen MR) is 66.7 cm³/mol. The molecule has 92 valence electrons. The smallest absolute Gasteiger partial charge is 0.127 e. The van der Waals surface area contributed by atoms with Gasteiger partial charge in [-0.3, -0.25) is 4.90 Å². The summed E-state index contributed by atoms with van der Waals surface area (Å²) in [6.45, 7) is 1.37. The van der Waals surface area contributed by atoms with Crippen LogP contribution >= 0.6 is 15.9 Å². The van der Waals surface area contributed by atoms with Gasteiger partial charge in [0.25, 0.3) is 0 Å². The molecule has 0 aromatic heterocycles. The van der Waals surface area contributed by atoms with Crippen LogP contribution in [0.25, 0.3) is 0 Å². The van der Waals surface area contributed by atoms with Crippen LogP contribution in [-0.4, -0.2) is 29.7 Å². The van der Waals surface area contributed by atoms with E-state index in [1.165, 1.54) is 6.07 Å². The van der Waals surface area contributed by atoms with Gasteiger partial charge in [0, 0.05) is 36.1 Å². The topological polar surface area (TPSA) is 47.3 Å². The lowest BCUT2D eigenvalue weighted by molar-refractivity contribution is 0.191. The van der Waals surface area contributed by atoms with Crippen molar-refractivity contribution in [2.75, 3.05) is 19.7 Å². The van der Waals surface area contributed by atoms with Crippen LogP contribution in [0.2, 0.25) is 0 Å². The summed E-state index contributed by atoms with van der Waals surface area (Å²) < 4.78 is 14.3. The molecule has 1 aromatic carbocycles. The highest BCUT2D eigenvalue weighted by molar-refractivity contribution is 9.10. The van der Waals surface area contributed by atoms with E-state index in [4.69, 9.17) is 10.4 Å². The number of nitriles is 1. The molecule has 0 bridgehead atoms. The average Bonchev–Trinajstić information content (AvgIpc) is 2.31. The Balaban J connectivity index is 2.71. The summed E-state index contributed by atoms with van der Waals surface area (Å²) in [5.74, 6) is -0.270. The fourth-order valence-electron chi connectivity index (χ4n) is 1.52. The maximum Gasteiger partial charge on any atom is 0.127 e. The maximum absolute atomic E-state index is 13.5. The number of nitrogens with zero attached hydrogens (tertiary/aromatic N) is 2. The highest BCUT2D eigenvalue weighted by atomic mass is 79.9. The summed E-state index contributed by atoms with van der Waals surface area (Å²) in [4.78, 5) is 1.86. The van der Waals surface area contributed by atoms with Gasteiger partial charge in [0.2, 0.25) is 0 Å². The molecule has 0 aliphatic rings. The summed E-state index contributed by atoms with van der Waals surface area (Å²) in [6, 6.07) is 6.80. The van der Waals surface area contributed by atoms with Crippen LogP contribution in [0.4, 0.5) is 4.39 Å². The van der Waals surface area contributed by atoms with Crippen molar-refractivity contribution < 1.29 is 9.50 Å². The molecule has 0 saturated heterocycles. The lowest BCUT2D eigenvalue weighted by Crippen LogP contribution is -2.27. The third-order valence-electron chi connectivity index (χ3n) is 2.36. The second-order valence-electron chi connectivity index (χ2n) is 3.64. The van der Waals surface area contributed by atoms with E-state index in [9.17, 15) is 4.39 Å². The van der Waals surface area contributed by atoms with Gasteiger partial charge in [0.15, 0.2) is 0 Å². The van der Waals surface area contributed by atoms with Crippen LogP contribution in [0.1, 0.15) is 12.0 Å². The van der Waals surface area contributed by atoms with Crippen LogP contribution in [0.3, 0.4) is 0 Å². The second-order valence-corrected chi connectivity index (χ2v) is 4.56. The monoisotopic (exact) mass is 300 g/mol. The lowest BCUT2D eigenvalue weighted by atomic mass is 10.2. The molecule has 0 saturated carbocycles. The molecule has 17 heavy (non-hydrogen) atoms. The first-order valence-corrected chi connectivity index (χ1v) is 6.10. The van der Waals surface area contributed by atoms with E-state index >= 15 is 0 Å². The fourth-order valence-corrected chi connectivity index (χ4v) is 1.93. The molecule has 0 radical (unpaired) electrons. The predicted octanol–water partition coefficient (Wildman–Crippen LogP) is 2.30. The van der Waals surface area contributed by atoms with Crippen molar-refractivity contribution >= 4 is 15.9 Å². The van der Waals surface area contributed by atoms with Crippen LogP contribution in [0, 0.1) is 17.1 Å². The molecule has 3 nitrogen and oxygen atoms in total. The Morgan fingerprint density at radius 3 is 2.82 bits per heavy atom. The van der Waals surface area contributed by atoms with E-state index in [0.717, 1.165) is 4.47 Å². The minimum atomic E-state index is -0.270. The molecular weight excluding hydrogens is 287 g/mol. The van der Waals surface area contributed by atoms with Crippen LogP contribution in [0.15, 0.2) is 22.7 Å². The summed E-state index contributed by atoms with van der Waals surface area (Å²) >= 11 is 3.29. The van der Waals surface area contributed by atoms with Gasteiger partial charge in [0.05, 0.1) is 12.7 Å². The zero-order valence-corrected chi connectivity index (χ0v) is 11.0. The SMILES string of the molecule is N#CCCN(CCO)Cc1cc(Br)ccc1F. The highest BCUT2D eigenvalue weighted by Gasteiger charge is 2.09. The quantitative estimate of drug-likeness (QED) is 0.877. The van der Waals surface area contributed by atoms with Gasteiger partial charge in [-0.1, -0.05) is 15.9 Å². The van der Waals surface area contributed by atoms with Crippen molar-refractivity contribution in [2.24, 2.45) is 0 Å². The molecule has 0 amide bonds. The van der Waals surface area contributed by atoms with Crippen LogP contribution < -0.4 is 0 Å². The van der Waals surface area contributed by atoms with E-state index in [1.54, 1.807) is 12.1 Å². The fraction of sp³-hybridized carbons (Fsp3) is 0.417. The zero-order valence-electron chi connectivity index (χ0n) is 9.37. The number of rotatable bonds is 6. The first-order chi connectivity index (χ1) is 8.17. The first kappa shape index (κ1) is 14.1. The number of aliphatic hydroxyl groups excluding tert-OH is 1. The lowest BCUT2D eigenvalue weighted by Gasteiger charge is -2.20. The number of aliphatic hydroxyl groups is 1. The molecule has 0 unspecified atom stereocenters. The molecule has 0 aliphatic heterocycles. The molecule has 5 heteroatoms. The van der Waals surface area contributed by atoms with Crippen molar-refractivity contribution in [3.8, 4) is 6.07 Å². The number of hydrogen-bond donors (Lipinski definition) is 1. The van der Waals surface area contributed by atoms with Crippen molar-refractivity contribution in [1.29, 1.82) is 5.26 Å². The van der Waals surface area contributed by atoms with Gasteiger partial charge in [0.1, 0.15) is 5.82 Å². The van der Waals surface area contributed by atoms with Gasteiger partial charge in [-0.2, -0.15) is 5.26 Å². The third kappa shape index (κ3) is 4.82. The minimum absolute atomic E-state index is 0.00104. The molecule has 0 aliphatic carbocycles. The van der Waals surface area contributed by atoms with Crippen LogP contribution in [-0.2, 0) is 6.54 Å². The van der Waals surface area contributed by atoms with Gasteiger partial charge in [-0.25, -0.2) is 4.39 Å². The van der Waals surface area contributed by atoms with Crippen LogP contribution in [0.5, 0.6) is 0 Å². The van der Waals surface area contributed by atoms with E-state index in [0.29, 0.717) is 31.6 Å². The second kappa shape index (κ2) is 7.38. The van der Waals surface area contributed by atoms with Gasteiger partial charge >= 0.3 is 0 Å². The molecule has 0 spiro atoms. The summed E-state index contributed by atoms with van der Waals surface area (Å²) in [7, 11) is 0. The molecule has 1 rings (SSSR count). The third-order valence-corrected chi connectivity index (χ3v) is 2.85. The molecular formula is C12H14BrFN2O. The van der Waals surface area contributed by atoms with E-state index in [1.807, 2.05) is 11.0 Å². The Labute approximate surface area is 109 Å². The summed E-state index contributed by atoms with van der Waals surface area (Å²) in [6.07, 6.45) is 0.371. The highest BCUT2D eigenvalue weighted by Crippen LogP contribution is 2.17. The van der Waals surface area contributed by atoms with Crippen molar-refractivity contribution in [2.45, 2.75) is 13.0 Å². The molecule has 0 heterocycles. The molecule has 0 atom stereocenters.